The molecule has 0 aromatic heterocycles. The number of amidine groups is 1. The zero-order valence-electron chi connectivity index (χ0n) is 12.8. The van der Waals surface area contributed by atoms with Crippen LogP contribution in [0.5, 0.6) is 0 Å². The minimum atomic E-state index is -0.0397. The summed E-state index contributed by atoms with van der Waals surface area (Å²) in [5, 5.41) is 12.0. The smallest absolute Gasteiger partial charge is 0.135 e. The zero-order chi connectivity index (χ0) is 14.1. The van der Waals surface area contributed by atoms with E-state index in [0.29, 0.717) is 5.84 Å². The van der Waals surface area contributed by atoms with Crippen molar-refractivity contribution < 1.29 is 0 Å². The normalized spacial score (nSPS) is 29.1. The first-order valence-electron chi connectivity index (χ1n) is 6.77. The van der Waals surface area contributed by atoms with Gasteiger partial charge in [-0.25, -0.2) is 0 Å². The molecule has 0 amide bonds. The van der Waals surface area contributed by atoms with E-state index in [9.17, 15) is 0 Å². The van der Waals surface area contributed by atoms with Crippen LogP contribution in [-0.2, 0) is 0 Å². The van der Waals surface area contributed by atoms with Gasteiger partial charge in [0.25, 0.3) is 0 Å². The largest absolute Gasteiger partial charge is 0.366 e. The molecular weight excluding hydrogens is 239 g/mol. The van der Waals surface area contributed by atoms with Crippen LogP contribution in [0.15, 0.2) is 11.5 Å². The monoisotopic (exact) mass is 266 g/mol. The third-order valence-electron chi connectivity index (χ3n) is 3.45. The Bertz CT molecular complexity index is 349. The molecule has 2 atom stereocenters. The summed E-state index contributed by atoms with van der Waals surface area (Å²) in [6, 6.07) is 0. The van der Waals surface area contributed by atoms with Crippen LogP contribution in [0.2, 0.25) is 0 Å². The summed E-state index contributed by atoms with van der Waals surface area (Å²) in [6.07, 6.45) is 3.23. The quantitative estimate of drug-likeness (QED) is 0.468. The molecule has 1 heterocycles. The minimum Gasteiger partial charge on any atom is -0.366 e. The van der Waals surface area contributed by atoms with Crippen LogP contribution in [0.4, 0.5) is 0 Å². The van der Waals surface area contributed by atoms with Gasteiger partial charge in [0.1, 0.15) is 13.7 Å². The van der Waals surface area contributed by atoms with Crippen molar-refractivity contribution in [2.75, 3.05) is 0 Å². The molecule has 4 heteroatoms. The van der Waals surface area contributed by atoms with Gasteiger partial charge < -0.3 is 5.32 Å². The van der Waals surface area contributed by atoms with Gasteiger partial charge in [0.15, 0.2) is 0 Å². The lowest BCUT2D eigenvalue weighted by Crippen LogP contribution is -2.44. The predicted molar refractivity (Wildman–Crippen MR) is 86.5 cm³/mol. The fraction of sp³-hybridized carbons (Fsp3) is 0.786. The number of hydrogen-bond acceptors (Lipinski definition) is 2. The van der Waals surface area contributed by atoms with Gasteiger partial charge in [0, 0.05) is 15.5 Å². The van der Waals surface area contributed by atoms with Crippen LogP contribution >= 0.6 is 11.8 Å². The van der Waals surface area contributed by atoms with Crippen molar-refractivity contribution in [2.45, 2.75) is 63.5 Å². The minimum absolute atomic E-state index is 0.0397. The molecule has 1 rings (SSSR count). The molecule has 102 valence electrons. The van der Waals surface area contributed by atoms with E-state index in [-0.39, 0.29) is 10.3 Å². The SMILES string of the molecule is B/C(=C/C(=N)NC(C)(C)C)C1(C)CC(C(C)C)S1. The number of thioether (sulfide) groups is 1. The van der Waals surface area contributed by atoms with Crippen molar-refractivity contribution in [3.63, 3.8) is 0 Å². The Morgan fingerprint density at radius 1 is 1.50 bits per heavy atom. The van der Waals surface area contributed by atoms with Crippen molar-refractivity contribution in [1.29, 1.82) is 5.41 Å². The molecule has 0 aromatic rings. The van der Waals surface area contributed by atoms with Gasteiger partial charge in [-0.05, 0) is 46.1 Å². The summed E-state index contributed by atoms with van der Waals surface area (Å²) in [6.45, 7) is 13.1. The van der Waals surface area contributed by atoms with E-state index in [1.165, 1.54) is 11.9 Å². The van der Waals surface area contributed by atoms with E-state index in [2.05, 4.69) is 66.5 Å². The van der Waals surface area contributed by atoms with E-state index in [4.69, 9.17) is 5.41 Å². The second kappa shape index (κ2) is 5.32. The zero-order valence-corrected chi connectivity index (χ0v) is 13.7. The van der Waals surface area contributed by atoms with Gasteiger partial charge >= 0.3 is 0 Å². The van der Waals surface area contributed by atoms with Crippen molar-refractivity contribution in [3.05, 3.63) is 11.5 Å². The molecule has 0 aliphatic carbocycles. The lowest BCUT2D eigenvalue weighted by atomic mass is 9.78. The predicted octanol–water partition coefficient (Wildman–Crippen LogP) is 2.79. The molecule has 0 saturated carbocycles. The van der Waals surface area contributed by atoms with Gasteiger partial charge in [-0.15, -0.1) is 11.8 Å². The van der Waals surface area contributed by atoms with Crippen LogP contribution in [0, 0.1) is 11.3 Å². The van der Waals surface area contributed by atoms with Crippen LogP contribution in [0.1, 0.15) is 48.0 Å². The summed E-state index contributed by atoms with van der Waals surface area (Å²) < 4.78 is 0.237. The molecule has 2 unspecified atom stereocenters. The first-order chi connectivity index (χ1) is 8.03. The highest BCUT2D eigenvalue weighted by Crippen LogP contribution is 2.52. The van der Waals surface area contributed by atoms with E-state index in [1.807, 2.05) is 6.08 Å². The first kappa shape index (κ1) is 15.7. The summed E-state index contributed by atoms with van der Waals surface area (Å²) in [4.78, 5) is 0. The molecule has 0 radical (unpaired) electrons. The molecule has 2 N–H and O–H groups in total. The van der Waals surface area contributed by atoms with Crippen LogP contribution in [-0.4, -0.2) is 29.2 Å². The Balaban J connectivity index is 2.60. The molecule has 0 aromatic carbocycles. The lowest BCUT2D eigenvalue weighted by molar-refractivity contribution is 0.489. The van der Waals surface area contributed by atoms with Crippen molar-refractivity contribution >= 4 is 25.4 Å². The van der Waals surface area contributed by atoms with Crippen LogP contribution < -0.4 is 5.32 Å². The molecule has 0 spiro atoms. The summed E-state index contributed by atoms with van der Waals surface area (Å²) >= 11 is 2.06. The van der Waals surface area contributed by atoms with Crippen molar-refractivity contribution in [1.82, 2.24) is 5.32 Å². The molecule has 1 aliphatic heterocycles. The highest BCUT2D eigenvalue weighted by atomic mass is 32.2. The molecule has 1 fully saturated rings. The fourth-order valence-electron chi connectivity index (χ4n) is 2.14. The standard InChI is InChI=1S/C14H27BN2S/c1-9(2)10-8-14(6,18-10)11(15)7-12(16)17-13(3,4)5/h7,9-10H,8,15H2,1-6H3,(H2,16,17)/b11-7+. The van der Waals surface area contributed by atoms with Crippen molar-refractivity contribution in [2.24, 2.45) is 5.92 Å². The second-order valence-corrected chi connectivity index (χ2v) is 8.69. The number of nitrogens with one attached hydrogen (secondary N) is 2. The van der Waals surface area contributed by atoms with Crippen molar-refractivity contribution in [3.8, 4) is 0 Å². The molecule has 0 bridgehead atoms. The van der Waals surface area contributed by atoms with Gasteiger partial charge in [-0.1, -0.05) is 19.3 Å². The topological polar surface area (TPSA) is 35.9 Å². The fourth-order valence-corrected chi connectivity index (χ4v) is 3.72. The van der Waals surface area contributed by atoms with E-state index in [1.54, 1.807) is 0 Å². The van der Waals surface area contributed by atoms with Gasteiger partial charge in [-0.2, -0.15) is 0 Å². The average Bonchev–Trinajstić information content (AvgIpc) is 2.08. The third-order valence-corrected chi connectivity index (χ3v) is 5.47. The molecular formula is C14H27BN2S. The number of hydrogen-bond donors (Lipinski definition) is 2. The first-order valence-corrected chi connectivity index (χ1v) is 7.65. The molecule has 1 saturated heterocycles. The van der Waals surface area contributed by atoms with Crippen LogP contribution in [0.3, 0.4) is 0 Å². The molecule has 2 nitrogen and oxygen atoms in total. The maximum Gasteiger partial charge on any atom is 0.135 e. The van der Waals surface area contributed by atoms with E-state index < -0.39 is 0 Å². The average molecular weight is 266 g/mol. The Hall–Kier alpha value is -0.375. The lowest BCUT2D eigenvalue weighted by Gasteiger charge is -2.48. The summed E-state index contributed by atoms with van der Waals surface area (Å²) in [5.41, 5.74) is 1.27. The highest BCUT2D eigenvalue weighted by Gasteiger charge is 2.43. The number of rotatable bonds is 3. The maximum absolute atomic E-state index is 7.99. The Morgan fingerprint density at radius 2 is 2.00 bits per heavy atom. The second-order valence-electron chi connectivity index (χ2n) is 6.95. The highest BCUT2D eigenvalue weighted by molar-refractivity contribution is 8.03. The summed E-state index contributed by atoms with van der Waals surface area (Å²) in [5.74, 6) is 1.28. The van der Waals surface area contributed by atoms with E-state index in [0.717, 1.165) is 11.2 Å². The maximum atomic E-state index is 7.99. The van der Waals surface area contributed by atoms with E-state index >= 15 is 0 Å². The van der Waals surface area contributed by atoms with Crippen LogP contribution in [0.25, 0.3) is 0 Å². The van der Waals surface area contributed by atoms with Gasteiger partial charge in [-0.3, -0.25) is 5.41 Å². The Labute approximate surface area is 117 Å². The summed E-state index contributed by atoms with van der Waals surface area (Å²) in [7, 11) is 2.16. The van der Waals surface area contributed by atoms with Gasteiger partial charge in [0.05, 0.1) is 0 Å². The molecule has 1 aliphatic rings. The Kier molecular flexibility index (Phi) is 4.63. The Morgan fingerprint density at radius 3 is 2.39 bits per heavy atom. The molecule has 18 heavy (non-hydrogen) atoms. The third kappa shape index (κ3) is 4.08. The van der Waals surface area contributed by atoms with Gasteiger partial charge in [0.2, 0.25) is 0 Å².